The summed E-state index contributed by atoms with van der Waals surface area (Å²) in [5.74, 6) is -0.320. The lowest BCUT2D eigenvalue weighted by Gasteiger charge is -2.13. The smallest absolute Gasteiger partial charge is 0.306 e. The fourth-order valence-corrected chi connectivity index (χ4v) is 5.05. The molecule has 7 heteroatoms. The van der Waals surface area contributed by atoms with Crippen molar-refractivity contribution in [2.24, 2.45) is 5.41 Å². The average Bonchev–Trinajstić information content (AvgIpc) is 2.82. The predicted octanol–water partition coefficient (Wildman–Crippen LogP) is 1.40. The van der Waals surface area contributed by atoms with E-state index in [1.807, 2.05) is 0 Å². The third kappa shape index (κ3) is 3.52. The van der Waals surface area contributed by atoms with E-state index in [1.54, 1.807) is 11.6 Å². The van der Waals surface area contributed by atoms with Crippen molar-refractivity contribution in [2.75, 3.05) is 12.9 Å². The second kappa shape index (κ2) is 4.97. The largest absolute Gasteiger partial charge is 0.469 e. The maximum absolute atomic E-state index is 12.0. The Morgan fingerprint density at radius 3 is 2.78 bits per heavy atom. The first kappa shape index (κ1) is 13.5. The summed E-state index contributed by atoms with van der Waals surface area (Å²) >= 11 is 1.33. The van der Waals surface area contributed by atoms with Crippen LogP contribution in [0.4, 0.5) is 0 Å². The van der Waals surface area contributed by atoms with Crippen molar-refractivity contribution in [1.29, 1.82) is 0 Å². The lowest BCUT2D eigenvalue weighted by Crippen LogP contribution is -2.22. The molecule has 0 aliphatic heterocycles. The zero-order valence-corrected chi connectivity index (χ0v) is 11.7. The summed E-state index contributed by atoms with van der Waals surface area (Å²) in [6, 6.07) is 0. The SMILES string of the molecule is COC(=O)CC1(CS(=O)(=O)Cc2nccs2)CC1. The van der Waals surface area contributed by atoms with Gasteiger partial charge in [-0.1, -0.05) is 0 Å². The van der Waals surface area contributed by atoms with Gasteiger partial charge in [-0.25, -0.2) is 13.4 Å². The van der Waals surface area contributed by atoms with Gasteiger partial charge in [-0.2, -0.15) is 0 Å². The summed E-state index contributed by atoms with van der Waals surface area (Å²) in [7, 11) is -1.89. The van der Waals surface area contributed by atoms with Crippen molar-refractivity contribution in [3.63, 3.8) is 0 Å². The van der Waals surface area contributed by atoms with E-state index in [2.05, 4.69) is 9.72 Å². The van der Waals surface area contributed by atoms with Crippen LogP contribution in [0.5, 0.6) is 0 Å². The van der Waals surface area contributed by atoms with Gasteiger partial charge in [-0.3, -0.25) is 4.79 Å². The summed E-state index contributed by atoms with van der Waals surface area (Å²) in [5.41, 5.74) is -0.386. The van der Waals surface area contributed by atoms with Gasteiger partial charge in [0.05, 0.1) is 19.3 Å². The number of esters is 1. The number of carbonyl (C=O) groups excluding carboxylic acids is 1. The monoisotopic (exact) mass is 289 g/mol. The second-order valence-corrected chi connectivity index (χ2v) is 7.75. The average molecular weight is 289 g/mol. The lowest BCUT2D eigenvalue weighted by atomic mass is 10.1. The van der Waals surface area contributed by atoms with E-state index in [4.69, 9.17) is 0 Å². The molecule has 1 aliphatic rings. The van der Waals surface area contributed by atoms with Gasteiger partial charge >= 0.3 is 5.97 Å². The molecule has 0 amide bonds. The van der Waals surface area contributed by atoms with E-state index in [0.717, 1.165) is 12.8 Å². The molecule has 0 unspecified atom stereocenters. The fraction of sp³-hybridized carbons (Fsp3) is 0.636. The van der Waals surface area contributed by atoms with Crippen molar-refractivity contribution in [2.45, 2.75) is 25.0 Å². The van der Waals surface area contributed by atoms with E-state index in [9.17, 15) is 13.2 Å². The molecule has 0 atom stereocenters. The quantitative estimate of drug-likeness (QED) is 0.740. The van der Waals surface area contributed by atoms with Crippen molar-refractivity contribution in [3.8, 4) is 0 Å². The Morgan fingerprint density at radius 1 is 1.56 bits per heavy atom. The molecule has 5 nitrogen and oxygen atoms in total. The first-order chi connectivity index (χ1) is 8.45. The van der Waals surface area contributed by atoms with Crippen molar-refractivity contribution in [3.05, 3.63) is 16.6 Å². The number of aromatic nitrogens is 1. The van der Waals surface area contributed by atoms with E-state index < -0.39 is 9.84 Å². The van der Waals surface area contributed by atoms with Crippen LogP contribution in [0.1, 0.15) is 24.3 Å². The molecule has 1 aromatic heterocycles. The molecule has 0 aromatic carbocycles. The maximum atomic E-state index is 12.0. The minimum atomic E-state index is -3.21. The zero-order chi connectivity index (χ0) is 13.2. The van der Waals surface area contributed by atoms with E-state index in [-0.39, 0.29) is 29.3 Å². The Labute approximate surface area is 110 Å². The Balaban J connectivity index is 1.98. The van der Waals surface area contributed by atoms with Gasteiger partial charge in [0.1, 0.15) is 10.8 Å². The number of thiazole rings is 1. The highest BCUT2D eigenvalue weighted by molar-refractivity contribution is 7.90. The molecular formula is C11H15NO4S2. The van der Waals surface area contributed by atoms with Crippen molar-refractivity contribution < 1.29 is 17.9 Å². The van der Waals surface area contributed by atoms with Crippen LogP contribution in [0.15, 0.2) is 11.6 Å². The predicted molar refractivity (Wildman–Crippen MR) is 67.9 cm³/mol. The standard InChI is InChI=1S/C11H15NO4S2/c1-16-10(13)6-11(2-3-11)8-18(14,15)7-9-12-4-5-17-9/h4-5H,2-3,6-8H2,1H3. The third-order valence-corrected chi connectivity index (χ3v) is 5.78. The lowest BCUT2D eigenvalue weighted by molar-refractivity contribution is -0.141. The third-order valence-electron chi connectivity index (χ3n) is 3.06. The first-order valence-electron chi connectivity index (χ1n) is 5.60. The number of sulfone groups is 1. The number of nitrogens with zero attached hydrogens (tertiary/aromatic N) is 1. The zero-order valence-electron chi connectivity index (χ0n) is 10.1. The molecule has 1 aromatic rings. The van der Waals surface area contributed by atoms with Crippen LogP contribution in [0.25, 0.3) is 0 Å². The molecule has 2 rings (SSSR count). The van der Waals surface area contributed by atoms with Crippen molar-refractivity contribution in [1.82, 2.24) is 4.98 Å². The Hall–Kier alpha value is -0.950. The Morgan fingerprint density at radius 2 is 2.28 bits per heavy atom. The van der Waals surface area contributed by atoms with Gasteiger partial charge in [0.2, 0.25) is 0 Å². The molecule has 18 heavy (non-hydrogen) atoms. The second-order valence-electron chi connectivity index (χ2n) is 4.71. The summed E-state index contributed by atoms with van der Waals surface area (Å²) in [6.45, 7) is 0. The molecule has 1 saturated carbocycles. The number of rotatable bonds is 6. The Kier molecular flexibility index (Phi) is 3.72. The molecule has 0 saturated heterocycles. The van der Waals surface area contributed by atoms with Crippen LogP contribution in [0, 0.1) is 5.41 Å². The van der Waals surface area contributed by atoms with E-state index in [1.165, 1.54) is 18.4 Å². The minimum Gasteiger partial charge on any atom is -0.469 e. The molecule has 0 bridgehead atoms. The highest BCUT2D eigenvalue weighted by Crippen LogP contribution is 2.50. The first-order valence-corrected chi connectivity index (χ1v) is 8.30. The van der Waals surface area contributed by atoms with Gasteiger partial charge < -0.3 is 4.74 Å². The van der Waals surface area contributed by atoms with Gasteiger partial charge in [0, 0.05) is 11.6 Å². The number of methoxy groups -OCH3 is 1. The number of ether oxygens (including phenoxy) is 1. The van der Waals surface area contributed by atoms with Crippen LogP contribution < -0.4 is 0 Å². The van der Waals surface area contributed by atoms with E-state index >= 15 is 0 Å². The molecule has 0 spiro atoms. The van der Waals surface area contributed by atoms with Crippen molar-refractivity contribution >= 4 is 27.1 Å². The number of carbonyl (C=O) groups is 1. The highest BCUT2D eigenvalue weighted by Gasteiger charge is 2.47. The summed E-state index contributed by atoms with van der Waals surface area (Å²) in [5, 5.41) is 2.36. The number of hydrogen-bond acceptors (Lipinski definition) is 6. The van der Waals surface area contributed by atoms with Crippen LogP contribution in [-0.4, -0.2) is 32.2 Å². The molecule has 0 radical (unpaired) electrons. The maximum Gasteiger partial charge on any atom is 0.306 e. The van der Waals surface area contributed by atoms with E-state index in [0.29, 0.717) is 5.01 Å². The van der Waals surface area contributed by atoms with Crippen LogP contribution in [-0.2, 0) is 25.1 Å². The Bertz CT molecular complexity index is 517. The van der Waals surface area contributed by atoms with Crippen LogP contribution >= 0.6 is 11.3 Å². The van der Waals surface area contributed by atoms with Gasteiger partial charge in [-0.05, 0) is 18.3 Å². The molecule has 1 heterocycles. The topological polar surface area (TPSA) is 73.3 Å². The molecule has 1 fully saturated rings. The minimum absolute atomic E-state index is 0.0341. The normalized spacial score (nSPS) is 17.4. The molecule has 0 N–H and O–H groups in total. The summed E-state index contributed by atoms with van der Waals surface area (Å²) in [6.07, 6.45) is 3.34. The van der Waals surface area contributed by atoms with Gasteiger partial charge in [0.15, 0.2) is 9.84 Å². The highest BCUT2D eigenvalue weighted by atomic mass is 32.2. The van der Waals surface area contributed by atoms with Gasteiger partial charge in [0.25, 0.3) is 0 Å². The number of hydrogen-bond donors (Lipinski definition) is 0. The fourth-order valence-electron chi connectivity index (χ4n) is 1.96. The van der Waals surface area contributed by atoms with Gasteiger partial charge in [-0.15, -0.1) is 11.3 Å². The molecule has 1 aliphatic carbocycles. The van der Waals surface area contributed by atoms with Crippen LogP contribution in [0.3, 0.4) is 0 Å². The summed E-state index contributed by atoms with van der Waals surface area (Å²) < 4.78 is 28.7. The van der Waals surface area contributed by atoms with Crippen LogP contribution in [0.2, 0.25) is 0 Å². The molecule has 100 valence electrons. The summed E-state index contributed by atoms with van der Waals surface area (Å²) in [4.78, 5) is 15.2. The molecular weight excluding hydrogens is 274 g/mol.